The molecule has 1 aromatic rings. The summed E-state index contributed by atoms with van der Waals surface area (Å²) in [5.41, 5.74) is 0.926. The van der Waals surface area contributed by atoms with E-state index in [1.54, 1.807) is 0 Å². The van der Waals surface area contributed by atoms with Crippen molar-refractivity contribution in [3.8, 4) is 0 Å². The Kier molecular flexibility index (Phi) is 6.05. The molecule has 0 atom stereocenters. The van der Waals surface area contributed by atoms with Crippen molar-refractivity contribution in [1.82, 2.24) is 14.9 Å². The number of nitrogens with one attached hydrogen (secondary N) is 1. The lowest BCUT2D eigenvalue weighted by atomic mass is 9.94. The van der Waals surface area contributed by atoms with E-state index in [1.165, 1.54) is 38.4 Å². The lowest BCUT2D eigenvalue weighted by Crippen LogP contribution is -2.34. The molecule has 2 rings (SSSR count). The van der Waals surface area contributed by atoms with Crippen LogP contribution in [0.1, 0.15) is 44.1 Å². The zero-order chi connectivity index (χ0) is 14.4. The molecule has 0 aromatic carbocycles. The highest BCUT2D eigenvalue weighted by atomic mass is 35.5. The van der Waals surface area contributed by atoms with Gasteiger partial charge in [0.05, 0.1) is 0 Å². The summed E-state index contributed by atoms with van der Waals surface area (Å²) >= 11 is 5.98. The van der Waals surface area contributed by atoms with Crippen LogP contribution < -0.4 is 5.32 Å². The second kappa shape index (κ2) is 7.79. The standard InChI is InChI=1S/C15H25ClN4/c1-12-14(16)18-11-19-15(12)17-9-6-10-20(2)13-7-4-3-5-8-13/h11,13H,3-10H2,1-2H3,(H,17,18,19). The van der Waals surface area contributed by atoms with Crippen molar-refractivity contribution in [3.05, 3.63) is 17.0 Å². The van der Waals surface area contributed by atoms with E-state index in [0.717, 1.165) is 36.9 Å². The Hall–Kier alpha value is -0.870. The molecule has 112 valence electrons. The molecule has 1 aliphatic carbocycles. The Bertz CT molecular complexity index is 418. The van der Waals surface area contributed by atoms with Gasteiger partial charge in [0.25, 0.3) is 0 Å². The number of anilines is 1. The van der Waals surface area contributed by atoms with Crippen molar-refractivity contribution in [3.63, 3.8) is 0 Å². The Labute approximate surface area is 126 Å². The summed E-state index contributed by atoms with van der Waals surface area (Å²) in [5.74, 6) is 0.852. The Balaban J connectivity index is 1.69. The van der Waals surface area contributed by atoms with Crippen LogP contribution in [0.4, 0.5) is 5.82 Å². The van der Waals surface area contributed by atoms with Gasteiger partial charge in [0.15, 0.2) is 0 Å². The molecule has 5 heteroatoms. The highest BCUT2D eigenvalue weighted by Crippen LogP contribution is 2.21. The first-order valence-corrected chi connectivity index (χ1v) is 7.97. The number of rotatable bonds is 6. The van der Waals surface area contributed by atoms with E-state index in [0.29, 0.717) is 5.15 Å². The minimum atomic E-state index is 0.529. The largest absolute Gasteiger partial charge is 0.370 e. The van der Waals surface area contributed by atoms with Crippen LogP contribution in [0, 0.1) is 6.92 Å². The molecule has 1 heterocycles. The van der Waals surface area contributed by atoms with Gasteiger partial charge < -0.3 is 10.2 Å². The lowest BCUT2D eigenvalue weighted by molar-refractivity contribution is 0.191. The average molecular weight is 297 g/mol. The third kappa shape index (κ3) is 4.32. The molecule has 1 aromatic heterocycles. The van der Waals surface area contributed by atoms with Crippen molar-refractivity contribution < 1.29 is 0 Å². The molecular weight excluding hydrogens is 272 g/mol. The molecule has 0 amide bonds. The van der Waals surface area contributed by atoms with Gasteiger partial charge in [0, 0.05) is 18.2 Å². The van der Waals surface area contributed by atoms with Gasteiger partial charge in [-0.05, 0) is 39.8 Å². The highest BCUT2D eigenvalue weighted by Gasteiger charge is 2.17. The van der Waals surface area contributed by atoms with Crippen LogP contribution in [0.15, 0.2) is 6.33 Å². The molecule has 20 heavy (non-hydrogen) atoms. The van der Waals surface area contributed by atoms with Crippen LogP contribution in [0.2, 0.25) is 5.15 Å². The van der Waals surface area contributed by atoms with E-state index in [4.69, 9.17) is 11.6 Å². The summed E-state index contributed by atoms with van der Waals surface area (Å²) in [7, 11) is 2.25. The van der Waals surface area contributed by atoms with Gasteiger partial charge in [-0.25, -0.2) is 9.97 Å². The normalized spacial score (nSPS) is 16.6. The van der Waals surface area contributed by atoms with Crippen molar-refractivity contribution in [2.45, 2.75) is 51.5 Å². The second-order valence-corrected chi connectivity index (χ2v) is 6.05. The summed E-state index contributed by atoms with van der Waals surface area (Å²) in [6.45, 7) is 4.00. The fourth-order valence-electron chi connectivity index (χ4n) is 2.85. The van der Waals surface area contributed by atoms with Gasteiger partial charge in [0.2, 0.25) is 0 Å². The Morgan fingerprint density at radius 2 is 2.05 bits per heavy atom. The molecule has 0 spiro atoms. The quantitative estimate of drug-likeness (QED) is 0.644. The topological polar surface area (TPSA) is 41.1 Å². The first-order valence-electron chi connectivity index (χ1n) is 7.59. The van der Waals surface area contributed by atoms with Gasteiger partial charge in [-0.3, -0.25) is 0 Å². The number of halogens is 1. The minimum Gasteiger partial charge on any atom is -0.370 e. The summed E-state index contributed by atoms with van der Waals surface area (Å²) < 4.78 is 0. The number of nitrogens with zero attached hydrogens (tertiary/aromatic N) is 3. The summed E-state index contributed by atoms with van der Waals surface area (Å²) in [6.07, 6.45) is 9.56. The zero-order valence-electron chi connectivity index (χ0n) is 12.5. The van der Waals surface area contributed by atoms with E-state index < -0.39 is 0 Å². The first kappa shape index (κ1) is 15.5. The molecule has 0 bridgehead atoms. The van der Waals surface area contributed by atoms with Crippen LogP contribution in [-0.4, -0.2) is 41.0 Å². The van der Waals surface area contributed by atoms with Gasteiger partial charge in [-0.1, -0.05) is 30.9 Å². The van der Waals surface area contributed by atoms with Gasteiger partial charge in [-0.2, -0.15) is 0 Å². The SMILES string of the molecule is Cc1c(Cl)ncnc1NCCCN(C)C1CCCCC1. The molecule has 0 saturated heterocycles. The van der Waals surface area contributed by atoms with Crippen LogP contribution in [0.3, 0.4) is 0 Å². The fraction of sp³-hybridized carbons (Fsp3) is 0.733. The van der Waals surface area contributed by atoms with E-state index in [2.05, 4.69) is 27.2 Å². The molecule has 1 fully saturated rings. The number of hydrogen-bond acceptors (Lipinski definition) is 4. The van der Waals surface area contributed by atoms with Crippen LogP contribution in [0.5, 0.6) is 0 Å². The molecule has 0 aliphatic heterocycles. The lowest BCUT2D eigenvalue weighted by Gasteiger charge is -2.31. The van der Waals surface area contributed by atoms with Crippen molar-refractivity contribution >= 4 is 17.4 Å². The average Bonchev–Trinajstić information content (AvgIpc) is 2.48. The van der Waals surface area contributed by atoms with E-state index in [-0.39, 0.29) is 0 Å². The van der Waals surface area contributed by atoms with Crippen LogP contribution in [0.25, 0.3) is 0 Å². The van der Waals surface area contributed by atoms with Gasteiger partial charge in [-0.15, -0.1) is 0 Å². The Morgan fingerprint density at radius 3 is 2.80 bits per heavy atom. The minimum absolute atomic E-state index is 0.529. The highest BCUT2D eigenvalue weighted by molar-refractivity contribution is 6.30. The maximum atomic E-state index is 5.98. The van der Waals surface area contributed by atoms with Gasteiger partial charge >= 0.3 is 0 Å². The summed E-state index contributed by atoms with van der Waals surface area (Å²) in [6, 6.07) is 0.791. The fourth-order valence-corrected chi connectivity index (χ4v) is 2.98. The van der Waals surface area contributed by atoms with Crippen molar-refractivity contribution in [1.29, 1.82) is 0 Å². The smallest absolute Gasteiger partial charge is 0.137 e. The van der Waals surface area contributed by atoms with Gasteiger partial charge in [0.1, 0.15) is 17.3 Å². The molecule has 4 nitrogen and oxygen atoms in total. The molecule has 1 N–H and O–H groups in total. The zero-order valence-corrected chi connectivity index (χ0v) is 13.3. The molecular formula is C15H25ClN4. The van der Waals surface area contributed by atoms with E-state index >= 15 is 0 Å². The molecule has 0 unspecified atom stereocenters. The number of aromatic nitrogens is 2. The Morgan fingerprint density at radius 1 is 1.30 bits per heavy atom. The monoisotopic (exact) mass is 296 g/mol. The molecule has 1 saturated carbocycles. The maximum absolute atomic E-state index is 5.98. The third-order valence-electron chi connectivity index (χ3n) is 4.20. The van der Waals surface area contributed by atoms with Crippen molar-refractivity contribution in [2.24, 2.45) is 0 Å². The maximum Gasteiger partial charge on any atom is 0.137 e. The predicted molar refractivity (Wildman–Crippen MR) is 84.4 cm³/mol. The van der Waals surface area contributed by atoms with E-state index in [9.17, 15) is 0 Å². The summed E-state index contributed by atoms with van der Waals surface area (Å²) in [4.78, 5) is 10.7. The third-order valence-corrected chi connectivity index (χ3v) is 4.58. The first-order chi connectivity index (χ1) is 9.68. The van der Waals surface area contributed by atoms with Crippen LogP contribution in [-0.2, 0) is 0 Å². The summed E-state index contributed by atoms with van der Waals surface area (Å²) in [5, 5.41) is 3.88. The molecule has 0 radical (unpaired) electrons. The van der Waals surface area contributed by atoms with Crippen LogP contribution >= 0.6 is 11.6 Å². The van der Waals surface area contributed by atoms with Crippen molar-refractivity contribution in [2.75, 3.05) is 25.5 Å². The predicted octanol–water partition coefficient (Wildman–Crippen LogP) is 3.50. The van der Waals surface area contributed by atoms with E-state index in [1.807, 2.05) is 6.92 Å². The second-order valence-electron chi connectivity index (χ2n) is 5.69. The molecule has 1 aliphatic rings. The number of hydrogen-bond donors (Lipinski definition) is 1.